The van der Waals surface area contributed by atoms with Gasteiger partial charge in [0.2, 0.25) is 0 Å². The van der Waals surface area contributed by atoms with Gasteiger partial charge in [-0.2, -0.15) is 0 Å². The van der Waals surface area contributed by atoms with E-state index in [1.165, 1.54) is 35.9 Å². The second kappa shape index (κ2) is 2.70. The summed E-state index contributed by atoms with van der Waals surface area (Å²) in [6, 6.07) is 0. The van der Waals surface area contributed by atoms with Crippen LogP contribution in [-0.4, -0.2) is 8.95 Å². The molecule has 1 atom stereocenters. The fourth-order valence-electron chi connectivity index (χ4n) is 0.163. The molecule has 1 aliphatic rings. The Balaban J connectivity index is 2.41. The van der Waals surface area contributed by atoms with Crippen LogP contribution in [0.3, 0.4) is 0 Å². The molecule has 1 aliphatic heterocycles. The molecule has 0 aromatic carbocycles. The molecule has 1 heterocycles. The molecule has 1 saturated heterocycles. The van der Waals surface area contributed by atoms with Gasteiger partial charge in [0.25, 0.3) is 0 Å². The Morgan fingerprint density at radius 3 is 2.25 bits per heavy atom. The quantitative estimate of drug-likeness (QED) is 0.249. The van der Waals surface area contributed by atoms with Gasteiger partial charge in [-0.3, -0.25) is 0 Å². The maximum atomic E-state index is 4.83. The Kier molecular flexibility index (Phi) is 2.60. The second-order valence-electron chi connectivity index (χ2n) is 1.06. The van der Waals surface area contributed by atoms with Gasteiger partial charge >= 0.3 is 74.4 Å². The van der Waals surface area contributed by atoms with Crippen LogP contribution in [0.1, 0.15) is 0 Å². The molecule has 8 heavy (non-hydrogen) atoms. The number of hydrogen-bond donors (Lipinski definition) is 2. The Morgan fingerprint density at radius 1 is 1.75 bits per heavy atom. The van der Waals surface area contributed by atoms with Crippen LogP contribution in [0.5, 0.6) is 0 Å². The second-order valence-corrected chi connectivity index (χ2v) is 3.44. The summed E-state index contributed by atoms with van der Waals surface area (Å²) in [4.78, 5) is 0. The molecule has 47 valence electrons. The monoisotopic (exact) mass is 254 g/mol. The maximum absolute atomic E-state index is 4.83. The zero-order valence-electron chi connectivity index (χ0n) is 3.47. The van der Waals surface area contributed by atoms with Crippen molar-refractivity contribution in [2.24, 2.45) is 0 Å². The van der Waals surface area contributed by atoms with E-state index in [2.05, 4.69) is 25.6 Å². The van der Waals surface area contributed by atoms with E-state index in [-0.39, 0.29) is 0 Å². The van der Waals surface area contributed by atoms with Crippen LogP contribution in [0.15, 0.2) is 0 Å². The minimum atomic E-state index is -0.725. The van der Waals surface area contributed by atoms with Crippen molar-refractivity contribution in [1.29, 1.82) is 0 Å². The fraction of sp³-hybridized carbons (Fsp3) is 1.00. The average molecular weight is 252 g/mol. The van der Waals surface area contributed by atoms with Crippen molar-refractivity contribution in [1.82, 2.24) is 3.71 Å². The molecule has 0 N–H and O–H groups in total. The summed E-state index contributed by atoms with van der Waals surface area (Å²) in [6.45, 7) is 0. The third-order valence-electron chi connectivity index (χ3n) is 0.576. The summed E-state index contributed by atoms with van der Waals surface area (Å²) < 4.78 is 10.9. The van der Waals surface area contributed by atoms with Crippen molar-refractivity contribution in [2.75, 3.05) is 0 Å². The molecule has 1 fully saturated rings. The van der Waals surface area contributed by atoms with E-state index in [0.29, 0.717) is 0 Å². The average Bonchev–Trinajstić information content (AvgIpc) is 2.44. The molecule has 0 aromatic rings. The van der Waals surface area contributed by atoms with Crippen LogP contribution in [0, 0.1) is 0 Å². The third-order valence-corrected chi connectivity index (χ3v) is 2.93. The Labute approximate surface area is 74.1 Å². The van der Waals surface area contributed by atoms with Gasteiger partial charge in [0.15, 0.2) is 0 Å². The predicted molar refractivity (Wildman–Crippen MR) is 32.3 cm³/mol. The zero-order chi connectivity index (χ0) is 6.20. The van der Waals surface area contributed by atoms with E-state index in [4.69, 9.17) is 7.57 Å². The number of thiol groups is 2. The summed E-state index contributed by atoms with van der Waals surface area (Å²) in [5.41, 5.74) is 0. The summed E-state index contributed by atoms with van der Waals surface area (Å²) >= 11 is 10.3. The summed E-state index contributed by atoms with van der Waals surface area (Å²) in [6.07, 6.45) is 0. The van der Waals surface area contributed by atoms with E-state index in [1.54, 1.807) is 0 Å². The molecule has 1 unspecified atom stereocenters. The van der Waals surface area contributed by atoms with E-state index in [1.807, 2.05) is 0 Å². The van der Waals surface area contributed by atoms with Gasteiger partial charge in [0.05, 0.1) is 0 Å². The van der Waals surface area contributed by atoms with Gasteiger partial charge in [0.1, 0.15) is 0 Å². The Morgan fingerprint density at radius 2 is 2.25 bits per heavy atom. The van der Waals surface area contributed by atoms with Gasteiger partial charge in [0, 0.05) is 0 Å². The van der Waals surface area contributed by atoms with E-state index in [0.717, 1.165) is 0 Å². The summed E-state index contributed by atoms with van der Waals surface area (Å²) in [7, 11) is 0. The molecule has 3 nitrogen and oxygen atoms in total. The molecule has 0 bridgehead atoms. The molecule has 0 amide bonds. The van der Waals surface area contributed by atoms with Gasteiger partial charge < -0.3 is 0 Å². The van der Waals surface area contributed by atoms with Crippen LogP contribution < -0.4 is 0 Å². The topological polar surface area (TPSA) is 25.0 Å². The standard InChI is InChI=1S/CH2NO2S3.Mo/c3-1(2(5)6)4-7-1;/h5-6H;/q-1;+1. The molecule has 7 heteroatoms. The molecule has 0 aromatic heterocycles. The first-order valence-electron chi connectivity index (χ1n) is 1.57. The third kappa shape index (κ3) is 1.37. The normalized spacial score (nSPS) is 35.9. The SMILES string of the molecule is SN(S)C1([O][Mo])OS1. The van der Waals surface area contributed by atoms with Crippen LogP contribution in [-0.2, 0) is 27.8 Å². The molecule has 0 aliphatic carbocycles. The van der Waals surface area contributed by atoms with E-state index >= 15 is 0 Å². The Bertz CT molecular complexity index is 95.3. The van der Waals surface area contributed by atoms with Crippen molar-refractivity contribution < 1.29 is 27.8 Å². The first-order chi connectivity index (χ1) is 3.71. The van der Waals surface area contributed by atoms with Gasteiger partial charge in [-0.25, -0.2) is 0 Å². The molecular formula is CH2MoNO2S3. The predicted octanol–water partition coefficient (Wildman–Crippen LogP) is 0.746. The van der Waals surface area contributed by atoms with Crippen molar-refractivity contribution in [2.45, 2.75) is 5.24 Å². The Hall–Kier alpha value is 1.62. The molecule has 0 spiro atoms. The molecule has 0 saturated carbocycles. The van der Waals surface area contributed by atoms with Gasteiger partial charge in [-0.15, -0.1) is 0 Å². The van der Waals surface area contributed by atoms with Crippen LogP contribution in [0.4, 0.5) is 0 Å². The van der Waals surface area contributed by atoms with Crippen molar-refractivity contribution >= 4 is 37.7 Å². The number of nitrogens with zero attached hydrogens (tertiary/aromatic N) is 1. The van der Waals surface area contributed by atoms with Crippen LogP contribution in [0.2, 0.25) is 0 Å². The molecular weight excluding hydrogens is 250 g/mol. The fourth-order valence-corrected chi connectivity index (χ4v) is 1.79. The minimum absolute atomic E-state index is 0.725. The van der Waals surface area contributed by atoms with Crippen molar-refractivity contribution in [3.63, 3.8) is 0 Å². The first-order valence-corrected chi connectivity index (χ1v) is 3.93. The van der Waals surface area contributed by atoms with E-state index < -0.39 is 5.24 Å². The van der Waals surface area contributed by atoms with Crippen LogP contribution in [0.25, 0.3) is 0 Å². The van der Waals surface area contributed by atoms with Crippen molar-refractivity contribution in [3.05, 3.63) is 0 Å². The van der Waals surface area contributed by atoms with Crippen LogP contribution >= 0.6 is 37.7 Å². The first kappa shape index (κ1) is 7.72. The summed E-state index contributed by atoms with van der Waals surface area (Å²) in [5.74, 6) is 0. The number of rotatable bonds is 2. The van der Waals surface area contributed by atoms with Gasteiger partial charge in [-0.05, 0) is 0 Å². The van der Waals surface area contributed by atoms with Gasteiger partial charge in [-0.1, -0.05) is 0 Å². The molecule has 1 rings (SSSR count). The molecule has 0 radical (unpaired) electrons. The summed E-state index contributed by atoms with van der Waals surface area (Å²) in [5, 5.41) is -0.725. The van der Waals surface area contributed by atoms with E-state index in [9.17, 15) is 0 Å². The van der Waals surface area contributed by atoms with Crippen molar-refractivity contribution in [3.8, 4) is 0 Å². The zero-order valence-corrected chi connectivity index (χ0v) is 8.09. The number of hydrogen-bond acceptors (Lipinski definition) is 6.